The zero-order valence-corrected chi connectivity index (χ0v) is 15.7. The van der Waals surface area contributed by atoms with Crippen molar-refractivity contribution in [1.29, 1.82) is 0 Å². The molecule has 1 amide bonds. The number of carbonyl (C=O) groups is 1. The van der Waals surface area contributed by atoms with Crippen molar-refractivity contribution >= 4 is 15.9 Å². The number of primary amides is 1. The Morgan fingerprint density at radius 3 is 2.50 bits per heavy atom. The smallest absolute Gasteiger partial charge is 0.242 e. The predicted octanol–water partition coefficient (Wildman–Crippen LogP) is 1.35. The third kappa shape index (κ3) is 3.65. The summed E-state index contributed by atoms with van der Waals surface area (Å²) in [5.41, 5.74) is 8.76. The normalized spacial score (nSPS) is 17.9. The minimum atomic E-state index is -3.50. The Balaban J connectivity index is 1.89. The van der Waals surface area contributed by atoms with Gasteiger partial charge in [0.05, 0.1) is 10.9 Å². The fourth-order valence-corrected chi connectivity index (χ4v) is 4.25. The highest BCUT2D eigenvalue weighted by molar-refractivity contribution is 7.89. The summed E-state index contributed by atoms with van der Waals surface area (Å²) in [4.78, 5) is 14.2. The first-order valence-electron chi connectivity index (χ1n) is 8.40. The lowest BCUT2D eigenvalue weighted by Crippen LogP contribution is -2.48. The van der Waals surface area contributed by atoms with Crippen LogP contribution >= 0.6 is 0 Å². The van der Waals surface area contributed by atoms with Crippen LogP contribution in [0.2, 0.25) is 0 Å². The van der Waals surface area contributed by atoms with Gasteiger partial charge in [0.1, 0.15) is 0 Å². The highest BCUT2D eigenvalue weighted by atomic mass is 32.2. The van der Waals surface area contributed by atoms with Gasteiger partial charge in [0, 0.05) is 27.2 Å². The number of benzene rings is 2. The summed E-state index contributed by atoms with van der Waals surface area (Å²) < 4.78 is 25.9. The molecule has 2 aromatic rings. The highest BCUT2D eigenvalue weighted by Crippen LogP contribution is 2.25. The van der Waals surface area contributed by atoms with Gasteiger partial charge in [-0.3, -0.25) is 9.69 Å². The van der Waals surface area contributed by atoms with Crippen LogP contribution in [0.5, 0.6) is 0 Å². The Morgan fingerprint density at radius 1 is 1.15 bits per heavy atom. The first kappa shape index (κ1) is 18.6. The molecule has 6 nitrogen and oxygen atoms in total. The Bertz CT molecular complexity index is 925. The molecule has 0 fully saturated rings. The van der Waals surface area contributed by atoms with Crippen LogP contribution in [0.1, 0.15) is 16.7 Å². The van der Waals surface area contributed by atoms with Crippen LogP contribution in [0.15, 0.2) is 53.4 Å². The van der Waals surface area contributed by atoms with Crippen LogP contribution in [0.3, 0.4) is 0 Å². The van der Waals surface area contributed by atoms with Crippen LogP contribution in [0.25, 0.3) is 0 Å². The van der Waals surface area contributed by atoms with Crippen molar-refractivity contribution in [3.8, 4) is 0 Å². The van der Waals surface area contributed by atoms with Crippen LogP contribution in [0.4, 0.5) is 0 Å². The first-order chi connectivity index (χ1) is 12.3. The maximum Gasteiger partial charge on any atom is 0.242 e. The van der Waals surface area contributed by atoms with E-state index in [9.17, 15) is 13.2 Å². The van der Waals surface area contributed by atoms with E-state index in [0.29, 0.717) is 19.5 Å². The van der Waals surface area contributed by atoms with Gasteiger partial charge in [-0.2, -0.15) is 0 Å². The molecule has 3 rings (SSSR count). The van der Waals surface area contributed by atoms with Crippen LogP contribution in [0, 0.1) is 0 Å². The molecular weight excluding hydrogens is 350 g/mol. The summed E-state index contributed by atoms with van der Waals surface area (Å²) in [5.74, 6) is -0.364. The van der Waals surface area contributed by atoms with Gasteiger partial charge in [-0.05, 0) is 35.2 Å². The van der Waals surface area contributed by atoms with E-state index < -0.39 is 16.1 Å². The molecule has 1 atom stereocenters. The molecule has 0 saturated carbocycles. The van der Waals surface area contributed by atoms with Gasteiger partial charge in [-0.1, -0.05) is 36.4 Å². The van der Waals surface area contributed by atoms with E-state index in [0.717, 1.165) is 11.1 Å². The summed E-state index contributed by atoms with van der Waals surface area (Å²) in [5, 5.41) is 0. The number of hydrogen-bond acceptors (Lipinski definition) is 4. The number of sulfonamides is 1. The Hall–Kier alpha value is -2.22. The zero-order valence-electron chi connectivity index (χ0n) is 14.9. The van der Waals surface area contributed by atoms with E-state index >= 15 is 0 Å². The summed E-state index contributed by atoms with van der Waals surface area (Å²) in [7, 11) is -0.482. The Labute approximate surface area is 154 Å². The quantitative estimate of drug-likeness (QED) is 0.857. The number of nitrogens with two attached hydrogens (primary N) is 1. The minimum absolute atomic E-state index is 0.244. The lowest BCUT2D eigenvalue weighted by atomic mass is 9.93. The molecule has 1 heterocycles. The number of carbonyl (C=O) groups excluding carboxylic acids is 1. The van der Waals surface area contributed by atoms with Crippen molar-refractivity contribution in [1.82, 2.24) is 9.21 Å². The molecule has 2 N–H and O–H groups in total. The number of hydrogen-bond donors (Lipinski definition) is 1. The monoisotopic (exact) mass is 373 g/mol. The maximum absolute atomic E-state index is 12.4. The topological polar surface area (TPSA) is 83.7 Å². The van der Waals surface area contributed by atoms with E-state index in [1.807, 2.05) is 35.2 Å². The van der Waals surface area contributed by atoms with Crippen LogP contribution in [-0.2, 0) is 34.3 Å². The molecule has 0 radical (unpaired) electrons. The highest BCUT2D eigenvalue weighted by Gasteiger charge is 2.30. The predicted molar refractivity (Wildman–Crippen MR) is 99.7 cm³/mol. The molecule has 2 aromatic carbocycles. The molecule has 1 unspecified atom stereocenters. The fourth-order valence-electron chi connectivity index (χ4n) is 3.27. The molecule has 138 valence electrons. The lowest BCUT2D eigenvalue weighted by molar-refractivity contribution is -0.124. The van der Waals surface area contributed by atoms with E-state index in [1.54, 1.807) is 18.2 Å². The second-order valence-electron chi connectivity index (χ2n) is 6.73. The van der Waals surface area contributed by atoms with Crippen molar-refractivity contribution in [2.24, 2.45) is 5.73 Å². The largest absolute Gasteiger partial charge is 0.368 e. The van der Waals surface area contributed by atoms with Gasteiger partial charge in [-0.15, -0.1) is 0 Å². The van der Waals surface area contributed by atoms with E-state index in [2.05, 4.69) is 0 Å². The van der Waals surface area contributed by atoms with E-state index in [4.69, 9.17) is 5.73 Å². The van der Waals surface area contributed by atoms with Gasteiger partial charge in [0.2, 0.25) is 15.9 Å². The summed E-state index contributed by atoms with van der Waals surface area (Å²) >= 11 is 0. The molecular formula is C19H23N3O3S. The second-order valence-corrected chi connectivity index (χ2v) is 8.88. The Kier molecular flexibility index (Phi) is 5.13. The van der Waals surface area contributed by atoms with Crippen molar-refractivity contribution in [2.75, 3.05) is 14.1 Å². The molecule has 0 aromatic heterocycles. The average molecular weight is 373 g/mol. The van der Waals surface area contributed by atoms with Crippen molar-refractivity contribution in [3.63, 3.8) is 0 Å². The van der Waals surface area contributed by atoms with Gasteiger partial charge >= 0.3 is 0 Å². The van der Waals surface area contributed by atoms with E-state index in [1.165, 1.54) is 24.0 Å². The third-order valence-corrected chi connectivity index (χ3v) is 6.55. The number of rotatable bonds is 5. The Morgan fingerprint density at radius 2 is 1.85 bits per heavy atom. The standard InChI is InChI=1S/C19H23N3O3S/c1-21(2)26(24,25)17-9-5-6-14(10-17)12-22-13-16-8-4-3-7-15(16)11-18(22)19(20)23/h3-10,18H,11-13H2,1-2H3,(H2,20,23). The molecule has 0 spiro atoms. The number of fused-ring (bicyclic) bond motifs is 1. The maximum atomic E-state index is 12.4. The molecule has 1 aliphatic rings. The second kappa shape index (κ2) is 7.19. The fraction of sp³-hybridized carbons (Fsp3) is 0.316. The molecule has 7 heteroatoms. The van der Waals surface area contributed by atoms with Crippen LogP contribution < -0.4 is 5.73 Å². The first-order valence-corrected chi connectivity index (χ1v) is 9.84. The van der Waals surface area contributed by atoms with Gasteiger partial charge < -0.3 is 5.73 Å². The SMILES string of the molecule is CN(C)S(=O)(=O)c1cccc(CN2Cc3ccccc3CC2C(N)=O)c1. The minimum Gasteiger partial charge on any atom is -0.368 e. The lowest BCUT2D eigenvalue weighted by Gasteiger charge is -2.35. The molecule has 0 saturated heterocycles. The third-order valence-electron chi connectivity index (χ3n) is 4.74. The van der Waals surface area contributed by atoms with Crippen molar-refractivity contribution in [2.45, 2.75) is 30.4 Å². The van der Waals surface area contributed by atoms with Gasteiger partial charge in [-0.25, -0.2) is 12.7 Å². The average Bonchev–Trinajstić information content (AvgIpc) is 2.61. The molecule has 0 bridgehead atoms. The summed E-state index contributed by atoms with van der Waals surface area (Å²) in [6.45, 7) is 1.06. The van der Waals surface area contributed by atoms with Crippen molar-refractivity contribution in [3.05, 3.63) is 65.2 Å². The zero-order chi connectivity index (χ0) is 18.9. The van der Waals surface area contributed by atoms with Crippen LogP contribution in [-0.4, -0.2) is 43.7 Å². The number of nitrogens with zero attached hydrogens (tertiary/aromatic N) is 2. The van der Waals surface area contributed by atoms with E-state index in [-0.39, 0.29) is 10.8 Å². The van der Waals surface area contributed by atoms with Gasteiger partial charge in [0.15, 0.2) is 0 Å². The summed E-state index contributed by atoms with van der Waals surface area (Å²) in [6, 6.07) is 14.4. The molecule has 0 aliphatic carbocycles. The molecule has 26 heavy (non-hydrogen) atoms. The van der Waals surface area contributed by atoms with Crippen molar-refractivity contribution < 1.29 is 13.2 Å². The molecule has 1 aliphatic heterocycles. The summed E-state index contributed by atoms with van der Waals surface area (Å²) in [6.07, 6.45) is 0.571. The van der Waals surface area contributed by atoms with Gasteiger partial charge in [0.25, 0.3) is 0 Å². The number of amides is 1.